The molecule has 3 heterocycles. The molecule has 2 aromatic rings. The minimum Gasteiger partial charge on any atom is -0.340 e. The molecule has 2 N–H and O–H groups in total. The number of carbonyl (C=O) groups is 2. The molecule has 190 valence electrons. The molecule has 2 aliphatic rings. The van der Waals surface area contributed by atoms with Crippen LogP contribution < -0.4 is 10.6 Å². The number of amides is 2. The van der Waals surface area contributed by atoms with Crippen LogP contribution in [0.15, 0.2) is 48.8 Å². The van der Waals surface area contributed by atoms with Crippen LogP contribution in [0.3, 0.4) is 0 Å². The van der Waals surface area contributed by atoms with Crippen LogP contribution >= 0.6 is 0 Å². The first-order valence-corrected chi connectivity index (χ1v) is 12.7. The molecule has 0 bridgehead atoms. The standard InChI is InChI=1S/C28H36N6O2/c1-28(2,3)21-8-10-23(11-9-21)34(26(35)24-7-5-15-33(24)19-29)25(20-6-4-14-31-18-20)27(36)32-16-12-22(30)13-17-32/h4,6,8-11,14,18,22,24-25H,5,7,12-13,15-17,30H2,1-3H3. The molecule has 2 unspecified atom stereocenters. The lowest BCUT2D eigenvalue weighted by molar-refractivity contribution is -0.136. The number of rotatable bonds is 5. The molecule has 2 aliphatic heterocycles. The zero-order chi connectivity index (χ0) is 25.9. The molecular formula is C28H36N6O2. The lowest BCUT2D eigenvalue weighted by Gasteiger charge is -2.39. The molecule has 2 amide bonds. The smallest absolute Gasteiger partial charge is 0.251 e. The summed E-state index contributed by atoms with van der Waals surface area (Å²) < 4.78 is 0. The van der Waals surface area contributed by atoms with Gasteiger partial charge in [0.25, 0.3) is 5.91 Å². The molecule has 2 fully saturated rings. The Labute approximate surface area is 213 Å². The number of hydrogen-bond donors (Lipinski definition) is 1. The van der Waals surface area contributed by atoms with Gasteiger partial charge in [-0.05, 0) is 54.9 Å². The van der Waals surface area contributed by atoms with E-state index in [9.17, 15) is 14.9 Å². The molecule has 2 atom stereocenters. The van der Waals surface area contributed by atoms with Crippen LogP contribution in [0.4, 0.5) is 5.69 Å². The summed E-state index contributed by atoms with van der Waals surface area (Å²) in [5.41, 5.74) is 8.45. The Hall–Kier alpha value is -3.44. The first-order chi connectivity index (χ1) is 17.2. The van der Waals surface area contributed by atoms with Crippen LogP contribution in [-0.2, 0) is 15.0 Å². The molecule has 8 heteroatoms. The van der Waals surface area contributed by atoms with Crippen LogP contribution in [0.2, 0.25) is 0 Å². The van der Waals surface area contributed by atoms with Crippen molar-refractivity contribution in [3.63, 3.8) is 0 Å². The number of nitriles is 1. The van der Waals surface area contributed by atoms with Gasteiger partial charge in [0, 0.05) is 49.3 Å². The van der Waals surface area contributed by atoms with Crippen LogP contribution in [-0.4, -0.2) is 58.3 Å². The van der Waals surface area contributed by atoms with E-state index < -0.39 is 12.1 Å². The Morgan fingerprint density at radius 3 is 2.39 bits per heavy atom. The van der Waals surface area contributed by atoms with Gasteiger partial charge in [0.05, 0.1) is 0 Å². The summed E-state index contributed by atoms with van der Waals surface area (Å²) in [5, 5.41) is 9.67. The molecule has 1 aromatic carbocycles. The Morgan fingerprint density at radius 1 is 1.11 bits per heavy atom. The summed E-state index contributed by atoms with van der Waals surface area (Å²) in [6, 6.07) is 10.1. The van der Waals surface area contributed by atoms with Crippen molar-refractivity contribution in [1.29, 1.82) is 5.26 Å². The van der Waals surface area contributed by atoms with Gasteiger partial charge in [0.1, 0.15) is 12.1 Å². The number of nitrogens with two attached hydrogens (primary N) is 1. The van der Waals surface area contributed by atoms with Gasteiger partial charge in [0.2, 0.25) is 5.91 Å². The second kappa shape index (κ2) is 10.7. The number of carbonyl (C=O) groups excluding carboxylic acids is 2. The Bertz CT molecular complexity index is 1100. The average Bonchev–Trinajstić information content (AvgIpc) is 3.36. The van der Waals surface area contributed by atoms with Crippen LogP contribution in [0.25, 0.3) is 0 Å². The molecule has 0 radical (unpaired) electrons. The second-order valence-corrected chi connectivity index (χ2v) is 10.8. The monoisotopic (exact) mass is 488 g/mol. The molecule has 2 saturated heterocycles. The predicted molar refractivity (Wildman–Crippen MR) is 139 cm³/mol. The Morgan fingerprint density at radius 2 is 1.81 bits per heavy atom. The average molecular weight is 489 g/mol. The molecular weight excluding hydrogens is 452 g/mol. The van der Waals surface area contributed by atoms with E-state index in [4.69, 9.17) is 5.73 Å². The number of pyridine rings is 1. The third-order valence-electron chi connectivity index (χ3n) is 7.26. The zero-order valence-corrected chi connectivity index (χ0v) is 21.4. The number of hydrogen-bond acceptors (Lipinski definition) is 6. The molecule has 8 nitrogen and oxygen atoms in total. The Balaban J connectivity index is 1.81. The maximum atomic E-state index is 14.2. The highest BCUT2D eigenvalue weighted by Gasteiger charge is 2.42. The van der Waals surface area contributed by atoms with E-state index >= 15 is 0 Å². The first kappa shape index (κ1) is 25.6. The summed E-state index contributed by atoms with van der Waals surface area (Å²) in [4.78, 5) is 37.5. The third-order valence-corrected chi connectivity index (χ3v) is 7.26. The highest BCUT2D eigenvalue weighted by Crippen LogP contribution is 2.34. The summed E-state index contributed by atoms with van der Waals surface area (Å²) >= 11 is 0. The van der Waals surface area contributed by atoms with Crippen molar-refractivity contribution in [2.75, 3.05) is 24.5 Å². The Kier molecular flexibility index (Phi) is 7.60. The molecule has 0 saturated carbocycles. The highest BCUT2D eigenvalue weighted by molar-refractivity contribution is 6.04. The zero-order valence-electron chi connectivity index (χ0n) is 21.4. The van der Waals surface area contributed by atoms with E-state index in [1.807, 2.05) is 35.2 Å². The van der Waals surface area contributed by atoms with Crippen molar-refractivity contribution in [2.45, 2.75) is 70.0 Å². The van der Waals surface area contributed by atoms with Crippen molar-refractivity contribution in [2.24, 2.45) is 5.73 Å². The fraction of sp³-hybridized carbons (Fsp3) is 0.500. The largest absolute Gasteiger partial charge is 0.340 e. The fourth-order valence-corrected chi connectivity index (χ4v) is 5.06. The predicted octanol–water partition coefficient (Wildman–Crippen LogP) is 3.35. The maximum absolute atomic E-state index is 14.2. The van der Waals surface area contributed by atoms with Crippen LogP contribution in [0.1, 0.15) is 63.6 Å². The summed E-state index contributed by atoms with van der Waals surface area (Å²) in [5.74, 6) is -0.391. The number of anilines is 1. The van der Waals surface area contributed by atoms with Gasteiger partial charge >= 0.3 is 0 Å². The van der Waals surface area contributed by atoms with E-state index in [1.165, 1.54) is 4.90 Å². The maximum Gasteiger partial charge on any atom is 0.251 e. The number of likely N-dealkylation sites (tertiary alicyclic amines) is 2. The summed E-state index contributed by atoms with van der Waals surface area (Å²) in [6.45, 7) is 8.05. The van der Waals surface area contributed by atoms with Crippen molar-refractivity contribution in [1.82, 2.24) is 14.8 Å². The fourth-order valence-electron chi connectivity index (χ4n) is 5.06. The number of benzene rings is 1. The van der Waals surface area contributed by atoms with E-state index in [2.05, 4.69) is 31.9 Å². The van der Waals surface area contributed by atoms with Crippen LogP contribution in [0, 0.1) is 11.5 Å². The number of nitrogens with zero attached hydrogens (tertiary/aromatic N) is 5. The minimum atomic E-state index is -0.887. The lowest BCUT2D eigenvalue weighted by atomic mass is 9.87. The van der Waals surface area contributed by atoms with E-state index in [1.54, 1.807) is 23.4 Å². The van der Waals surface area contributed by atoms with Crippen molar-refractivity contribution < 1.29 is 9.59 Å². The van der Waals surface area contributed by atoms with Gasteiger partial charge < -0.3 is 10.6 Å². The molecule has 4 rings (SSSR count). The summed E-state index contributed by atoms with van der Waals surface area (Å²) in [7, 11) is 0. The van der Waals surface area contributed by atoms with Crippen molar-refractivity contribution in [3.05, 3.63) is 59.9 Å². The topological polar surface area (TPSA) is 107 Å². The minimum absolute atomic E-state index is 0.0540. The van der Waals surface area contributed by atoms with E-state index in [0.717, 1.165) is 24.8 Å². The van der Waals surface area contributed by atoms with E-state index in [0.29, 0.717) is 37.3 Å². The molecule has 0 aliphatic carbocycles. The van der Waals surface area contributed by atoms with Crippen LogP contribution in [0.5, 0.6) is 0 Å². The SMILES string of the molecule is CC(C)(C)c1ccc(N(C(=O)C2CCCN2C#N)C(C(=O)N2CCC(N)CC2)c2cccnc2)cc1. The normalized spacial score (nSPS) is 19.6. The number of piperidine rings is 1. The van der Waals surface area contributed by atoms with Crippen molar-refractivity contribution in [3.8, 4) is 6.19 Å². The van der Waals surface area contributed by atoms with Gasteiger partial charge in [0.15, 0.2) is 6.19 Å². The second-order valence-electron chi connectivity index (χ2n) is 10.8. The van der Waals surface area contributed by atoms with Gasteiger partial charge in [-0.3, -0.25) is 24.4 Å². The molecule has 1 aromatic heterocycles. The van der Waals surface area contributed by atoms with E-state index in [-0.39, 0.29) is 23.3 Å². The third kappa shape index (κ3) is 5.36. The lowest BCUT2D eigenvalue weighted by Crippen LogP contribution is -2.52. The quantitative estimate of drug-likeness (QED) is 0.647. The van der Waals surface area contributed by atoms with Gasteiger partial charge in [-0.15, -0.1) is 0 Å². The first-order valence-electron chi connectivity index (χ1n) is 12.7. The highest BCUT2D eigenvalue weighted by atomic mass is 16.2. The van der Waals surface area contributed by atoms with Crippen molar-refractivity contribution >= 4 is 17.5 Å². The molecule has 0 spiro atoms. The van der Waals surface area contributed by atoms with Gasteiger partial charge in [-0.25, -0.2) is 0 Å². The number of aromatic nitrogens is 1. The van der Waals surface area contributed by atoms with Gasteiger partial charge in [-0.2, -0.15) is 5.26 Å². The summed E-state index contributed by atoms with van der Waals surface area (Å²) in [6.07, 6.45) is 8.27. The van der Waals surface area contributed by atoms with Gasteiger partial charge in [-0.1, -0.05) is 39.0 Å². The molecule has 36 heavy (non-hydrogen) atoms.